The third kappa shape index (κ3) is 3.30. The van der Waals surface area contributed by atoms with Gasteiger partial charge in [0.15, 0.2) is 5.82 Å². The van der Waals surface area contributed by atoms with Crippen molar-refractivity contribution in [1.29, 1.82) is 0 Å². The molecule has 130 valence electrons. The molecular formula is C20H15ClFN3O. The van der Waals surface area contributed by atoms with Gasteiger partial charge in [0.1, 0.15) is 5.82 Å². The number of rotatable bonds is 2. The summed E-state index contributed by atoms with van der Waals surface area (Å²) in [5.41, 5.74) is 3.25. The first-order valence-corrected chi connectivity index (χ1v) is 8.63. The zero-order chi connectivity index (χ0) is 18.1. The number of hydrogen-bond donors (Lipinski definition) is 0. The second kappa shape index (κ2) is 6.84. The Morgan fingerprint density at radius 3 is 2.54 bits per heavy atom. The Hall–Kier alpha value is -2.79. The van der Waals surface area contributed by atoms with Crippen molar-refractivity contribution >= 4 is 17.5 Å². The standard InChI is InChI=1S/C20H15ClFN3O/c21-16-5-1-14(2-6-16)20(26)25-10-9-18-15(12-25)11-23-19(24-18)13-3-7-17(22)8-4-13/h1-8,11H,9-10,12H2. The van der Waals surface area contributed by atoms with Crippen molar-refractivity contribution in [2.24, 2.45) is 0 Å². The summed E-state index contributed by atoms with van der Waals surface area (Å²) in [6, 6.07) is 13.0. The van der Waals surface area contributed by atoms with E-state index in [9.17, 15) is 9.18 Å². The highest BCUT2D eigenvalue weighted by Crippen LogP contribution is 2.22. The summed E-state index contributed by atoms with van der Waals surface area (Å²) in [5, 5.41) is 0.604. The van der Waals surface area contributed by atoms with Crippen LogP contribution in [0.1, 0.15) is 21.6 Å². The summed E-state index contributed by atoms with van der Waals surface area (Å²) in [6.45, 7) is 1.06. The number of aromatic nitrogens is 2. The minimum atomic E-state index is -0.289. The Labute approximate surface area is 155 Å². The van der Waals surface area contributed by atoms with Gasteiger partial charge in [-0.05, 0) is 48.5 Å². The monoisotopic (exact) mass is 367 g/mol. The molecule has 0 fully saturated rings. The van der Waals surface area contributed by atoms with Crippen molar-refractivity contribution in [3.63, 3.8) is 0 Å². The second-order valence-electron chi connectivity index (χ2n) is 6.16. The Bertz CT molecular complexity index is 958. The lowest BCUT2D eigenvalue weighted by atomic mass is 10.1. The predicted octanol–water partition coefficient (Wildman–Crippen LogP) is 4.13. The van der Waals surface area contributed by atoms with Crippen LogP contribution in [-0.2, 0) is 13.0 Å². The van der Waals surface area contributed by atoms with Crippen molar-refractivity contribution in [2.45, 2.75) is 13.0 Å². The molecule has 2 aromatic carbocycles. The fraction of sp³-hybridized carbons (Fsp3) is 0.150. The zero-order valence-electron chi connectivity index (χ0n) is 13.8. The van der Waals surface area contributed by atoms with Crippen LogP contribution >= 0.6 is 11.6 Å². The van der Waals surface area contributed by atoms with E-state index in [1.165, 1.54) is 12.1 Å². The van der Waals surface area contributed by atoms with Crippen LogP contribution in [0.25, 0.3) is 11.4 Å². The topological polar surface area (TPSA) is 46.1 Å². The van der Waals surface area contributed by atoms with Crippen LogP contribution in [0, 0.1) is 5.82 Å². The zero-order valence-corrected chi connectivity index (χ0v) is 14.6. The van der Waals surface area contributed by atoms with Gasteiger partial charge in [0, 0.05) is 47.4 Å². The molecule has 0 N–H and O–H groups in total. The summed E-state index contributed by atoms with van der Waals surface area (Å²) in [4.78, 5) is 23.4. The molecule has 0 aliphatic carbocycles. The van der Waals surface area contributed by atoms with E-state index in [1.54, 1.807) is 47.5 Å². The molecule has 0 saturated carbocycles. The number of amides is 1. The smallest absolute Gasteiger partial charge is 0.254 e. The van der Waals surface area contributed by atoms with E-state index in [0.29, 0.717) is 35.9 Å². The molecule has 4 rings (SSSR count). The highest BCUT2D eigenvalue weighted by Gasteiger charge is 2.23. The third-order valence-corrected chi connectivity index (χ3v) is 4.67. The van der Waals surface area contributed by atoms with E-state index in [2.05, 4.69) is 9.97 Å². The molecule has 0 unspecified atom stereocenters. The SMILES string of the molecule is O=C(c1ccc(Cl)cc1)N1CCc2nc(-c3ccc(F)cc3)ncc2C1. The minimum Gasteiger partial charge on any atom is -0.334 e. The van der Waals surface area contributed by atoms with Crippen LogP contribution in [0.2, 0.25) is 5.02 Å². The van der Waals surface area contributed by atoms with Crippen LogP contribution in [0.3, 0.4) is 0 Å². The van der Waals surface area contributed by atoms with Crippen LogP contribution < -0.4 is 0 Å². The lowest BCUT2D eigenvalue weighted by Gasteiger charge is -2.28. The van der Waals surface area contributed by atoms with Crippen LogP contribution in [0.4, 0.5) is 4.39 Å². The maximum atomic E-state index is 13.1. The molecular weight excluding hydrogens is 353 g/mol. The number of nitrogens with zero attached hydrogens (tertiary/aromatic N) is 3. The number of carbonyl (C=O) groups excluding carboxylic acids is 1. The van der Waals surface area contributed by atoms with Gasteiger partial charge in [-0.1, -0.05) is 11.6 Å². The van der Waals surface area contributed by atoms with Crippen LogP contribution in [0.15, 0.2) is 54.7 Å². The molecule has 1 aliphatic rings. The van der Waals surface area contributed by atoms with E-state index >= 15 is 0 Å². The van der Waals surface area contributed by atoms with E-state index in [-0.39, 0.29) is 11.7 Å². The first-order valence-electron chi connectivity index (χ1n) is 8.26. The van der Waals surface area contributed by atoms with Gasteiger partial charge < -0.3 is 4.90 Å². The molecule has 1 aromatic heterocycles. The van der Waals surface area contributed by atoms with E-state index in [4.69, 9.17) is 11.6 Å². The highest BCUT2D eigenvalue weighted by atomic mass is 35.5. The van der Waals surface area contributed by atoms with Gasteiger partial charge in [-0.15, -0.1) is 0 Å². The molecule has 0 atom stereocenters. The summed E-state index contributed by atoms with van der Waals surface area (Å²) in [6.07, 6.45) is 2.41. The fourth-order valence-electron chi connectivity index (χ4n) is 3.00. The van der Waals surface area contributed by atoms with Gasteiger partial charge in [-0.25, -0.2) is 14.4 Å². The van der Waals surface area contributed by atoms with Gasteiger partial charge in [0.25, 0.3) is 5.91 Å². The number of benzene rings is 2. The summed E-state index contributed by atoms with van der Waals surface area (Å²) in [5.74, 6) is 0.249. The number of fused-ring (bicyclic) bond motifs is 1. The normalized spacial score (nSPS) is 13.4. The second-order valence-corrected chi connectivity index (χ2v) is 6.59. The van der Waals surface area contributed by atoms with Crippen molar-refractivity contribution in [3.05, 3.63) is 82.4 Å². The maximum absolute atomic E-state index is 13.1. The highest BCUT2D eigenvalue weighted by molar-refractivity contribution is 6.30. The Balaban J connectivity index is 1.55. The fourth-order valence-corrected chi connectivity index (χ4v) is 3.13. The van der Waals surface area contributed by atoms with Crippen molar-refractivity contribution < 1.29 is 9.18 Å². The molecule has 0 spiro atoms. The maximum Gasteiger partial charge on any atom is 0.254 e. The van der Waals surface area contributed by atoms with Gasteiger partial charge in [0.2, 0.25) is 0 Å². The minimum absolute atomic E-state index is 0.0325. The third-order valence-electron chi connectivity index (χ3n) is 4.41. The van der Waals surface area contributed by atoms with Gasteiger partial charge in [-0.3, -0.25) is 4.79 Å². The van der Waals surface area contributed by atoms with Crippen LogP contribution in [-0.4, -0.2) is 27.3 Å². The van der Waals surface area contributed by atoms with Gasteiger partial charge in [-0.2, -0.15) is 0 Å². The molecule has 2 heterocycles. The quantitative estimate of drug-likeness (QED) is 0.684. The largest absolute Gasteiger partial charge is 0.334 e. The van der Waals surface area contributed by atoms with E-state index in [0.717, 1.165) is 16.8 Å². The molecule has 1 amide bonds. The Morgan fingerprint density at radius 2 is 1.81 bits per heavy atom. The van der Waals surface area contributed by atoms with E-state index in [1.807, 2.05) is 0 Å². The van der Waals surface area contributed by atoms with Crippen molar-refractivity contribution in [1.82, 2.24) is 14.9 Å². The average molecular weight is 368 g/mol. The molecule has 0 radical (unpaired) electrons. The number of halogens is 2. The molecule has 26 heavy (non-hydrogen) atoms. The molecule has 6 heteroatoms. The lowest BCUT2D eigenvalue weighted by Crippen LogP contribution is -2.36. The van der Waals surface area contributed by atoms with Crippen molar-refractivity contribution in [3.8, 4) is 11.4 Å². The average Bonchev–Trinajstić information content (AvgIpc) is 2.68. The molecule has 1 aliphatic heterocycles. The molecule has 3 aromatic rings. The predicted molar refractivity (Wildman–Crippen MR) is 97.3 cm³/mol. The summed E-state index contributed by atoms with van der Waals surface area (Å²) >= 11 is 5.88. The lowest BCUT2D eigenvalue weighted by molar-refractivity contribution is 0.0733. The molecule has 4 nitrogen and oxygen atoms in total. The first kappa shape index (κ1) is 16.7. The Morgan fingerprint density at radius 1 is 1.08 bits per heavy atom. The first-order chi connectivity index (χ1) is 12.6. The summed E-state index contributed by atoms with van der Waals surface area (Å²) in [7, 11) is 0. The Kier molecular flexibility index (Phi) is 4.39. The van der Waals surface area contributed by atoms with Gasteiger partial charge >= 0.3 is 0 Å². The molecule has 0 bridgehead atoms. The van der Waals surface area contributed by atoms with Crippen molar-refractivity contribution in [2.75, 3.05) is 6.54 Å². The number of hydrogen-bond acceptors (Lipinski definition) is 3. The number of carbonyl (C=O) groups is 1. The van der Waals surface area contributed by atoms with Crippen LogP contribution in [0.5, 0.6) is 0 Å². The van der Waals surface area contributed by atoms with E-state index < -0.39 is 0 Å². The molecule has 0 saturated heterocycles. The van der Waals surface area contributed by atoms with Gasteiger partial charge in [0.05, 0.1) is 5.69 Å². The summed E-state index contributed by atoms with van der Waals surface area (Å²) < 4.78 is 13.1.